The molecule has 0 aliphatic heterocycles. The predicted octanol–water partition coefficient (Wildman–Crippen LogP) is 2.54. The molecule has 0 radical (unpaired) electrons. The van der Waals surface area contributed by atoms with Crippen molar-refractivity contribution in [3.8, 4) is 5.69 Å². The van der Waals surface area contributed by atoms with Gasteiger partial charge < -0.3 is 9.84 Å². The van der Waals surface area contributed by atoms with Crippen molar-refractivity contribution in [1.82, 2.24) is 29.8 Å². The maximum atomic E-state index is 14.6. The number of nitrogens with zero attached hydrogens (tertiary/aromatic N) is 7. The minimum Gasteiger partial charge on any atom is -0.380 e. The SMILES string of the molecule is C[C@@H](OCc1cn(-c2ccc([N+](=O)[O-])cc2)nn1)[C@](O)(Cn1cncn1)c1ccc(F)cc1F. The van der Waals surface area contributed by atoms with Crippen LogP contribution in [0.2, 0.25) is 0 Å². The van der Waals surface area contributed by atoms with Gasteiger partial charge in [-0.05, 0) is 25.1 Å². The normalized spacial score (nSPS) is 14.0. The number of nitro groups is 1. The zero-order valence-electron chi connectivity index (χ0n) is 17.8. The van der Waals surface area contributed by atoms with Crippen LogP contribution in [0.5, 0.6) is 0 Å². The quantitative estimate of drug-likeness (QED) is 0.291. The summed E-state index contributed by atoms with van der Waals surface area (Å²) in [5.74, 6) is -1.71. The molecule has 4 rings (SSSR count). The lowest BCUT2D eigenvalue weighted by Crippen LogP contribution is -2.44. The molecule has 11 nitrogen and oxygen atoms in total. The van der Waals surface area contributed by atoms with Crippen molar-refractivity contribution >= 4 is 5.69 Å². The molecule has 34 heavy (non-hydrogen) atoms. The molecule has 0 saturated heterocycles. The summed E-state index contributed by atoms with van der Waals surface area (Å²) in [6, 6.07) is 8.62. The second-order valence-electron chi connectivity index (χ2n) is 7.52. The topological polar surface area (TPSA) is 134 Å². The monoisotopic (exact) mass is 471 g/mol. The number of non-ortho nitro benzene ring substituents is 1. The largest absolute Gasteiger partial charge is 0.380 e. The Morgan fingerprint density at radius 2 is 2.00 bits per heavy atom. The van der Waals surface area contributed by atoms with Crippen LogP contribution in [0.15, 0.2) is 61.3 Å². The molecule has 2 aromatic heterocycles. The molecule has 176 valence electrons. The fraction of sp³-hybridized carbons (Fsp3) is 0.238. The van der Waals surface area contributed by atoms with E-state index >= 15 is 0 Å². The van der Waals surface area contributed by atoms with E-state index < -0.39 is 28.3 Å². The molecule has 13 heteroatoms. The Bertz CT molecular complexity index is 1280. The fourth-order valence-corrected chi connectivity index (χ4v) is 3.40. The molecule has 0 aliphatic rings. The van der Waals surface area contributed by atoms with E-state index in [-0.39, 0.29) is 24.4 Å². The standard InChI is InChI=1S/C21H19F2N7O4/c1-14(21(31,11-28-13-24-12-25-28)19-7-2-15(22)8-20(19)23)34-10-16-9-29(27-26-16)17-3-5-18(6-4-17)30(32)33/h2-9,12-14,31H,10-11H2,1H3/t14-,21-/m1/s1. The van der Waals surface area contributed by atoms with Crippen LogP contribution < -0.4 is 0 Å². The van der Waals surface area contributed by atoms with Gasteiger partial charge in [0.1, 0.15) is 35.6 Å². The third-order valence-electron chi connectivity index (χ3n) is 5.29. The second-order valence-corrected chi connectivity index (χ2v) is 7.52. The average Bonchev–Trinajstić information content (AvgIpc) is 3.49. The van der Waals surface area contributed by atoms with E-state index in [1.54, 1.807) is 13.1 Å². The van der Waals surface area contributed by atoms with Gasteiger partial charge in [0, 0.05) is 23.8 Å². The van der Waals surface area contributed by atoms with Gasteiger partial charge in [-0.3, -0.25) is 10.1 Å². The Kier molecular flexibility index (Phi) is 6.38. The van der Waals surface area contributed by atoms with E-state index in [2.05, 4.69) is 20.4 Å². The Balaban J connectivity index is 1.52. The maximum Gasteiger partial charge on any atom is 0.269 e. The number of hydrogen-bond acceptors (Lipinski definition) is 8. The summed E-state index contributed by atoms with van der Waals surface area (Å²) in [5, 5.41) is 34.2. The van der Waals surface area contributed by atoms with E-state index in [1.165, 1.54) is 46.3 Å². The molecule has 0 aliphatic carbocycles. The third kappa shape index (κ3) is 4.79. The molecule has 0 bridgehead atoms. The molecule has 0 fully saturated rings. The molecule has 2 aromatic carbocycles. The van der Waals surface area contributed by atoms with Gasteiger partial charge in [-0.1, -0.05) is 11.3 Å². The van der Waals surface area contributed by atoms with Gasteiger partial charge in [-0.15, -0.1) is 5.10 Å². The zero-order valence-corrected chi connectivity index (χ0v) is 17.8. The van der Waals surface area contributed by atoms with E-state index in [0.29, 0.717) is 17.4 Å². The molecule has 4 aromatic rings. The van der Waals surface area contributed by atoms with Crippen LogP contribution in [-0.4, -0.2) is 45.9 Å². The molecule has 2 heterocycles. The maximum absolute atomic E-state index is 14.6. The molecule has 0 saturated carbocycles. The summed E-state index contributed by atoms with van der Waals surface area (Å²) in [5.41, 5.74) is -1.19. The number of nitro benzene ring substituents is 1. The van der Waals surface area contributed by atoms with Crippen molar-refractivity contribution in [2.24, 2.45) is 0 Å². The van der Waals surface area contributed by atoms with Crippen molar-refractivity contribution in [3.05, 3.63) is 94.3 Å². The zero-order chi connectivity index (χ0) is 24.3. The van der Waals surface area contributed by atoms with Crippen molar-refractivity contribution in [1.29, 1.82) is 0 Å². The van der Waals surface area contributed by atoms with E-state index in [9.17, 15) is 24.0 Å². The molecular formula is C21H19F2N7O4. The molecule has 0 unspecified atom stereocenters. The van der Waals surface area contributed by atoms with Crippen LogP contribution in [0.25, 0.3) is 5.69 Å². The molecule has 1 N–H and O–H groups in total. The summed E-state index contributed by atoms with van der Waals surface area (Å²) < 4.78 is 36.6. The van der Waals surface area contributed by atoms with Crippen LogP contribution >= 0.6 is 0 Å². The van der Waals surface area contributed by atoms with Crippen LogP contribution in [0.1, 0.15) is 18.2 Å². The minimum absolute atomic E-state index is 0.0547. The van der Waals surface area contributed by atoms with Crippen molar-refractivity contribution in [2.75, 3.05) is 0 Å². The third-order valence-corrected chi connectivity index (χ3v) is 5.29. The Morgan fingerprint density at radius 3 is 2.65 bits per heavy atom. The van der Waals surface area contributed by atoms with Crippen LogP contribution in [0, 0.1) is 21.7 Å². The lowest BCUT2D eigenvalue weighted by Gasteiger charge is -2.34. The van der Waals surface area contributed by atoms with Crippen LogP contribution in [0.4, 0.5) is 14.5 Å². The van der Waals surface area contributed by atoms with Crippen LogP contribution in [-0.2, 0) is 23.5 Å². The van der Waals surface area contributed by atoms with Crippen molar-refractivity contribution in [2.45, 2.75) is 31.8 Å². The van der Waals surface area contributed by atoms with Crippen LogP contribution in [0.3, 0.4) is 0 Å². The summed E-state index contributed by atoms with van der Waals surface area (Å²) in [6.07, 6.45) is 3.20. The van der Waals surface area contributed by atoms with Crippen molar-refractivity contribution < 1.29 is 23.5 Å². The average molecular weight is 471 g/mol. The highest BCUT2D eigenvalue weighted by molar-refractivity contribution is 5.40. The Labute approximate surface area is 191 Å². The number of rotatable bonds is 9. The lowest BCUT2D eigenvalue weighted by atomic mass is 9.88. The summed E-state index contributed by atoms with van der Waals surface area (Å²) in [6.45, 7) is 1.25. The molecule has 2 atom stereocenters. The first-order chi connectivity index (χ1) is 16.3. The highest BCUT2D eigenvalue weighted by atomic mass is 19.1. The summed E-state index contributed by atoms with van der Waals surface area (Å²) >= 11 is 0. The van der Waals surface area contributed by atoms with Gasteiger partial charge in [0.2, 0.25) is 0 Å². The number of hydrogen-bond donors (Lipinski definition) is 1. The second kappa shape index (κ2) is 9.41. The smallest absolute Gasteiger partial charge is 0.269 e. The number of aromatic nitrogens is 6. The minimum atomic E-state index is -1.92. The molecule has 0 amide bonds. The number of ether oxygens (including phenoxy) is 1. The van der Waals surface area contributed by atoms with Gasteiger partial charge >= 0.3 is 0 Å². The molecule has 0 spiro atoms. The Hall–Kier alpha value is -4.10. The first-order valence-corrected chi connectivity index (χ1v) is 10.0. The highest BCUT2D eigenvalue weighted by Crippen LogP contribution is 2.32. The number of halogens is 2. The highest BCUT2D eigenvalue weighted by Gasteiger charge is 2.40. The van der Waals surface area contributed by atoms with Gasteiger partial charge in [-0.2, -0.15) is 5.10 Å². The predicted molar refractivity (Wildman–Crippen MR) is 113 cm³/mol. The number of aliphatic hydroxyl groups is 1. The van der Waals surface area contributed by atoms with Gasteiger partial charge in [0.15, 0.2) is 0 Å². The van der Waals surface area contributed by atoms with E-state index in [1.807, 2.05) is 0 Å². The van der Waals surface area contributed by atoms with Gasteiger partial charge in [-0.25, -0.2) is 23.1 Å². The first kappa shape index (κ1) is 23.1. The summed E-state index contributed by atoms with van der Waals surface area (Å²) in [7, 11) is 0. The van der Waals surface area contributed by atoms with Gasteiger partial charge in [0.25, 0.3) is 5.69 Å². The number of benzene rings is 2. The molecular weight excluding hydrogens is 452 g/mol. The van der Waals surface area contributed by atoms with E-state index in [0.717, 1.165) is 12.1 Å². The first-order valence-electron chi connectivity index (χ1n) is 10.0. The lowest BCUT2D eigenvalue weighted by molar-refractivity contribution is -0.384. The van der Waals surface area contributed by atoms with E-state index in [4.69, 9.17) is 4.74 Å². The van der Waals surface area contributed by atoms with Gasteiger partial charge in [0.05, 0.1) is 36.1 Å². The van der Waals surface area contributed by atoms with Crippen molar-refractivity contribution in [3.63, 3.8) is 0 Å². The Morgan fingerprint density at radius 1 is 1.24 bits per heavy atom. The fourth-order valence-electron chi connectivity index (χ4n) is 3.40. The summed E-state index contributed by atoms with van der Waals surface area (Å²) in [4.78, 5) is 14.1.